The molecular formula is C48H40Cl2SiZr-2. The van der Waals surface area contributed by atoms with Gasteiger partial charge >= 0.3 is 41.9 Å². The van der Waals surface area contributed by atoms with E-state index >= 15 is 0 Å². The molecule has 0 aliphatic rings. The van der Waals surface area contributed by atoms with Gasteiger partial charge in [-0.25, -0.2) is 0 Å². The predicted molar refractivity (Wildman–Crippen MR) is 217 cm³/mol. The van der Waals surface area contributed by atoms with Crippen LogP contribution in [0.4, 0.5) is 0 Å². The second-order valence-corrected chi connectivity index (χ2v) is 22.6. The zero-order chi connectivity index (χ0) is 34.6. The van der Waals surface area contributed by atoms with Crippen molar-refractivity contribution >= 4 is 48.5 Å². The average Bonchev–Trinajstić information content (AvgIpc) is 3.76. The Morgan fingerprint density at radius 2 is 1.04 bits per heavy atom. The molecule has 0 atom stereocenters. The summed E-state index contributed by atoms with van der Waals surface area (Å²) >= 11 is 1.74. The van der Waals surface area contributed by atoms with Gasteiger partial charge in [0.2, 0.25) is 0 Å². The van der Waals surface area contributed by atoms with Crippen LogP contribution in [0.5, 0.6) is 0 Å². The van der Waals surface area contributed by atoms with Crippen molar-refractivity contribution in [3.63, 3.8) is 0 Å². The topological polar surface area (TPSA) is 0 Å². The molecule has 0 unspecified atom stereocenters. The van der Waals surface area contributed by atoms with E-state index in [1.807, 2.05) is 0 Å². The fraction of sp³-hybridized carbons (Fsp3) is 0.0833. The van der Waals surface area contributed by atoms with Gasteiger partial charge in [0.05, 0.1) is 0 Å². The molecule has 0 spiro atoms. The van der Waals surface area contributed by atoms with E-state index < -0.39 is 0 Å². The molecule has 256 valence electrons. The van der Waals surface area contributed by atoms with Gasteiger partial charge in [0, 0.05) is 0 Å². The summed E-state index contributed by atoms with van der Waals surface area (Å²) in [4.78, 5) is 0. The summed E-state index contributed by atoms with van der Waals surface area (Å²) in [5, 5.41) is 10.6. The molecule has 0 bridgehead atoms. The monoisotopic (exact) mass is 804 g/mol. The predicted octanol–water partition coefficient (Wildman–Crippen LogP) is 7.83. The molecule has 0 aromatic heterocycles. The van der Waals surface area contributed by atoms with Gasteiger partial charge in [0.15, 0.2) is 0 Å². The Balaban J connectivity index is 0.000000194. The van der Waals surface area contributed by atoms with Crippen LogP contribution in [0.3, 0.4) is 0 Å². The smallest absolute Gasteiger partial charge is 0.0112 e. The fourth-order valence-electron chi connectivity index (χ4n) is 7.01. The summed E-state index contributed by atoms with van der Waals surface area (Å²) in [6, 6.07) is 61.3. The molecule has 4 heteroatoms. The van der Waals surface area contributed by atoms with E-state index in [0.717, 1.165) is 0 Å². The first-order valence-corrected chi connectivity index (χ1v) is 23.5. The Bertz CT molecular complexity index is 2590. The van der Waals surface area contributed by atoms with Crippen LogP contribution < -0.4 is 24.8 Å². The van der Waals surface area contributed by atoms with Gasteiger partial charge in [-0.05, 0) is 32.7 Å². The molecule has 0 radical (unpaired) electrons. The zero-order valence-electron chi connectivity index (χ0n) is 29.9. The molecule has 0 aliphatic carbocycles. The van der Waals surface area contributed by atoms with Crippen LogP contribution in [0.25, 0.3) is 76.5 Å². The van der Waals surface area contributed by atoms with Crippen molar-refractivity contribution in [1.82, 2.24) is 0 Å². The van der Waals surface area contributed by atoms with E-state index in [1.165, 1.54) is 87.6 Å². The molecule has 0 saturated heterocycles. The van der Waals surface area contributed by atoms with Gasteiger partial charge in [-0.15, -0.1) is 68.6 Å². The summed E-state index contributed by atoms with van der Waals surface area (Å²) < 4.78 is 0. The van der Waals surface area contributed by atoms with Crippen molar-refractivity contribution in [2.45, 2.75) is 26.9 Å². The van der Waals surface area contributed by atoms with Crippen molar-refractivity contribution in [2.75, 3.05) is 0 Å². The second kappa shape index (κ2) is 17.7. The first kappa shape index (κ1) is 39.2. The number of benzene rings is 7. The quantitative estimate of drug-likeness (QED) is 0.0971. The third-order valence-corrected chi connectivity index (χ3v) is 9.27. The number of hydrogen-bond acceptors (Lipinski definition) is 0. The van der Waals surface area contributed by atoms with Crippen LogP contribution in [-0.4, -0.2) is 5.43 Å². The Kier molecular flexibility index (Phi) is 13.3. The molecule has 0 aliphatic heterocycles. The van der Waals surface area contributed by atoms with E-state index in [2.05, 4.69) is 197 Å². The van der Waals surface area contributed by atoms with Gasteiger partial charge in [0.1, 0.15) is 0 Å². The van der Waals surface area contributed by atoms with Crippen molar-refractivity contribution in [1.29, 1.82) is 0 Å². The van der Waals surface area contributed by atoms with Gasteiger partial charge in [0.25, 0.3) is 0 Å². The molecule has 0 N–H and O–H groups in total. The summed E-state index contributed by atoms with van der Waals surface area (Å²) in [6.07, 6.45) is 0. The first-order chi connectivity index (χ1) is 24.4. The number of hydrogen-bond donors (Lipinski definition) is 0. The molecule has 0 fully saturated rings. The fourth-order valence-corrected chi connectivity index (χ4v) is 7.01. The van der Waals surface area contributed by atoms with Crippen LogP contribution >= 0.6 is 0 Å². The largest absolute Gasteiger partial charge is 1.00 e. The molecule has 0 amide bonds. The zero-order valence-corrected chi connectivity index (χ0v) is 34.9. The molecule has 9 rings (SSSR count). The molecule has 9 aromatic rings. The average molecular weight is 807 g/mol. The number of fused-ring (bicyclic) bond motifs is 5. The minimum absolute atomic E-state index is 0. The Labute approximate surface area is 335 Å². The normalized spacial score (nSPS) is 10.5. The van der Waals surface area contributed by atoms with Gasteiger partial charge in [-0.2, -0.15) is 6.07 Å². The maximum Gasteiger partial charge on any atom is -0.0112 e. The van der Waals surface area contributed by atoms with E-state index in [0.29, 0.717) is 0 Å². The first-order valence-electron chi connectivity index (χ1n) is 17.3. The molecule has 9 aromatic carbocycles. The molecule has 0 saturated carbocycles. The second-order valence-electron chi connectivity index (χ2n) is 13.3. The van der Waals surface area contributed by atoms with Crippen molar-refractivity contribution < 1.29 is 48.1 Å². The molecule has 0 nitrogen and oxygen atoms in total. The Morgan fingerprint density at radius 1 is 0.462 bits per heavy atom. The number of rotatable bonds is 3. The van der Waals surface area contributed by atoms with Crippen molar-refractivity contribution in [3.05, 3.63) is 181 Å². The van der Waals surface area contributed by atoms with E-state index in [4.69, 9.17) is 0 Å². The Hall–Kier alpha value is -4.04. The number of halogens is 2. The van der Waals surface area contributed by atoms with E-state index in [9.17, 15) is 0 Å². The third-order valence-electron chi connectivity index (χ3n) is 9.27. The maximum absolute atomic E-state index is 2.35. The van der Waals surface area contributed by atoms with Crippen molar-refractivity contribution in [2.24, 2.45) is 0 Å². The SMILES string of the molecule is C[Si](C)=[Zr+2].Cc1cc2c(-c3ccccc3)ccc(C)c2[cH-]1.[Cl-].[Cl-].c1ccc(-c2cccc3[cH-]c(-c4cccc5c4ccc4ccccc45)cc23)cc1. The standard InChI is InChI=1S/C29H19.C17H15.C2H6Si.2ClH.Zr/c1-2-8-20(9-3-1)25-13-6-11-22-18-23(19-29(22)25)26-14-7-15-27-24-12-5-4-10-21(24)16-17-28(26)27;1-12-10-16-13(2)8-9-15(17(16)11-12)14-6-4-3-5-7-14;1-3-2;;;/h1-19H;3-11H,1-2H3;1-2H3;2*1H;/q2*-1;;;;+2/p-2. The molecule has 52 heavy (non-hydrogen) atoms. The summed E-state index contributed by atoms with van der Waals surface area (Å²) in [6.45, 7) is 8.96. The van der Waals surface area contributed by atoms with Crippen LogP contribution in [0.1, 0.15) is 11.1 Å². The van der Waals surface area contributed by atoms with Gasteiger partial charge in [-0.1, -0.05) is 164 Å². The van der Waals surface area contributed by atoms with Crippen LogP contribution in [0.15, 0.2) is 170 Å². The maximum atomic E-state index is 2.35. The summed E-state index contributed by atoms with van der Waals surface area (Å²) in [5.74, 6) is 0. The summed E-state index contributed by atoms with van der Waals surface area (Å²) in [5.41, 5.74) is 10.7. The van der Waals surface area contributed by atoms with Gasteiger partial charge < -0.3 is 24.8 Å². The minimum Gasteiger partial charge on any atom is -1.00 e. The molecule has 0 heterocycles. The third kappa shape index (κ3) is 8.43. The Morgan fingerprint density at radius 3 is 1.73 bits per heavy atom. The molecular weight excluding hydrogens is 767 g/mol. The summed E-state index contributed by atoms with van der Waals surface area (Å²) in [7, 11) is 0. The van der Waals surface area contributed by atoms with Crippen molar-refractivity contribution in [3.8, 4) is 33.4 Å². The van der Waals surface area contributed by atoms with E-state index in [1.54, 1.807) is 23.3 Å². The minimum atomic E-state index is 0. The van der Waals surface area contributed by atoms with Gasteiger partial charge in [-0.3, -0.25) is 0 Å². The van der Waals surface area contributed by atoms with Crippen LogP contribution in [0.2, 0.25) is 13.1 Å². The number of aryl methyl sites for hydroxylation is 2. The van der Waals surface area contributed by atoms with Crippen LogP contribution in [0, 0.1) is 13.8 Å². The van der Waals surface area contributed by atoms with E-state index in [-0.39, 0.29) is 30.2 Å². The van der Waals surface area contributed by atoms with Crippen LogP contribution in [-0.2, 0) is 23.3 Å².